The molecule has 6 heterocycles. The van der Waals surface area contributed by atoms with Crippen molar-refractivity contribution in [2.24, 2.45) is 11.7 Å². The zero-order chi connectivity index (χ0) is 93.7. The van der Waals surface area contributed by atoms with E-state index in [9.17, 15) is 66.2 Å². The standard InChI is InChI=1S/C88H103ClFN17O22S2/c1-54(2)79(100-72(108)28-38-123-40-35-105-73(109)25-26-74(105)110)83(114)99-67(14-11-29-93-87(91)117)82(113)98-61-22-19-58(59(44-61)49-125-50-63-47-106(103-101-63)64(46-75(111)112)52-128-88(118)102-131(119,120)96-31-39-124-43-42-121-5)48-107(4)36-32-104(33-37-107)34-41-126-70-24-23-65(55(3)78(70)89)76-77-84(94-53-95-85(77)130-80(76)56-17-20-60(90)21-18-56)129-71(86(115)116)45-57-12-7-9-15-68(57)127-51-62-27-30-92-81(97-62)66-13-8-10-16-69(66)122-6/h7-10,12-13,15-27,30,44,47,53-54,64,67,71,79,96H,11,14,28-29,31-43,45-46,48-52H2,1-6H3,(H8-,91,93,98,99,100,102,108,111,112,113,114,115,116,117,118)/p+1/t64-,67-,71+,79-/m0/s1. The van der Waals surface area contributed by atoms with E-state index < -0.39 is 113 Å². The average Bonchev–Trinajstić information content (AvgIpc) is 1.60. The van der Waals surface area contributed by atoms with Gasteiger partial charge in [-0.25, -0.2) is 48.1 Å². The number of quaternary nitrogens is 1. The highest BCUT2D eigenvalue weighted by atomic mass is 35.5. The molecular weight excluding hydrogens is 1770 g/mol. The van der Waals surface area contributed by atoms with Gasteiger partial charge in [-0.1, -0.05) is 85.3 Å². The van der Waals surface area contributed by atoms with Crippen molar-refractivity contribution in [2.75, 3.05) is 125 Å². The van der Waals surface area contributed by atoms with Crippen molar-refractivity contribution >= 4 is 103 Å². The minimum absolute atomic E-state index is 0.000923. The summed E-state index contributed by atoms with van der Waals surface area (Å²) in [6, 6.07) is 26.6. The first-order valence-electron chi connectivity index (χ1n) is 41.9. The molecule has 5 aromatic carbocycles. The smallest absolute Gasteiger partial charge is 0.421 e. The highest BCUT2D eigenvalue weighted by Gasteiger charge is 2.35. The number of fused-ring (bicyclic) bond motifs is 1. The SMILES string of the molecule is COCCOCCNS(=O)(=O)NC(=O)OC[C@H](CC(=O)O)n1cc(COCc2cc(NC(=O)[C@H](CCCNC(N)=O)NC(=O)[C@@H](NC(=O)CCOCCN3C(=O)C=CC3=O)C(C)C)ccc2C[N+]2(C)CCN(CCOc3ccc(-c4c(-c5ccc(F)cc5)sc5ncnc(O[C@H](Cc6ccccc6OCc6ccnc(-c7ccccc7OC)n6)C(=O)O)c45)c(C)c3Cl)CC2)nn1. The number of thiophene rings is 1. The number of aromatic nitrogens is 7. The molecular formula is C88H104ClFN17O22S2+. The van der Waals surface area contributed by atoms with E-state index in [0.29, 0.717) is 137 Å². The lowest BCUT2D eigenvalue weighted by atomic mass is 9.96. The third-order valence-corrected chi connectivity index (χ3v) is 23.9. The molecule has 43 heteroatoms. The van der Waals surface area contributed by atoms with Crippen molar-refractivity contribution in [3.05, 3.63) is 185 Å². The van der Waals surface area contributed by atoms with Crippen LogP contribution >= 0.6 is 22.9 Å². The van der Waals surface area contributed by atoms with Crippen LogP contribution in [0.3, 0.4) is 0 Å². The summed E-state index contributed by atoms with van der Waals surface area (Å²) in [6.45, 7) is 8.26. The third kappa shape index (κ3) is 28.6. The number of primary amides is 1. The lowest BCUT2D eigenvalue weighted by Gasteiger charge is -2.42. The van der Waals surface area contributed by atoms with E-state index in [0.717, 1.165) is 27.3 Å². The van der Waals surface area contributed by atoms with E-state index in [-0.39, 0.29) is 116 Å². The number of piperazine rings is 1. The van der Waals surface area contributed by atoms with Gasteiger partial charge in [0.25, 0.3) is 11.8 Å². The van der Waals surface area contributed by atoms with Crippen molar-refractivity contribution < 1.29 is 113 Å². The van der Waals surface area contributed by atoms with Gasteiger partial charge in [0.15, 0.2) is 5.82 Å². The summed E-state index contributed by atoms with van der Waals surface area (Å²) in [5.41, 5.74) is 11.5. The predicted molar refractivity (Wildman–Crippen MR) is 476 cm³/mol. The Hall–Kier alpha value is -12.8. The van der Waals surface area contributed by atoms with E-state index in [4.69, 9.17) is 65.0 Å². The fourth-order valence-corrected chi connectivity index (χ4v) is 16.4. The first-order valence-corrected chi connectivity index (χ1v) is 44.6. The number of urea groups is 1. The number of amides is 8. The number of carbonyl (C=O) groups excluding carboxylic acids is 7. The molecule has 0 spiro atoms. The summed E-state index contributed by atoms with van der Waals surface area (Å²) >= 11 is 8.62. The second-order valence-corrected chi connectivity index (χ2v) is 34.0. The van der Waals surface area contributed by atoms with Crippen LogP contribution in [0.4, 0.5) is 19.7 Å². The van der Waals surface area contributed by atoms with Gasteiger partial charge in [0.1, 0.15) is 78.4 Å². The monoisotopic (exact) mass is 1870 g/mol. The maximum Gasteiger partial charge on any atom is 0.421 e. The molecule has 0 saturated carbocycles. The minimum atomic E-state index is -4.41. The number of benzene rings is 5. The zero-order valence-electron chi connectivity index (χ0n) is 72.8. The summed E-state index contributed by atoms with van der Waals surface area (Å²) in [4.78, 5) is 139. The molecule has 2 aliphatic rings. The van der Waals surface area contributed by atoms with Crippen molar-refractivity contribution in [3.63, 3.8) is 0 Å². The van der Waals surface area contributed by atoms with Crippen LogP contribution in [-0.2, 0) is 100 Å². The highest BCUT2D eigenvalue weighted by molar-refractivity contribution is 7.88. The van der Waals surface area contributed by atoms with Crippen molar-refractivity contribution in [1.29, 1.82) is 0 Å². The van der Waals surface area contributed by atoms with Crippen LogP contribution < -0.4 is 55.4 Å². The number of carbonyl (C=O) groups is 9. The van der Waals surface area contributed by atoms with Crippen LogP contribution in [0.15, 0.2) is 140 Å². The molecule has 0 bridgehead atoms. The predicted octanol–water partition coefficient (Wildman–Crippen LogP) is 7.48. The van der Waals surface area contributed by atoms with E-state index >= 15 is 0 Å². The quantitative estimate of drug-likeness (QED) is 0.0101. The van der Waals surface area contributed by atoms with Crippen molar-refractivity contribution in [1.82, 2.24) is 70.1 Å². The van der Waals surface area contributed by atoms with Gasteiger partial charge < -0.3 is 84.3 Å². The molecule has 8 amide bonds. The number of anilines is 1. The normalized spacial score (nSPS) is 14.2. The van der Waals surface area contributed by atoms with Gasteiger partial charge in [-0.2, -0.15) is 13.1 Å². The van der Waals surface area contributed by atoms with Gasteiger partial charge in [-0.15, -0.1) is 16.4 Å². The molecule has 0 aliphatic carbocycles. The number of nitrogens with two attached hydrogens (primary N) is 1. The van der Waals surface area contributed by atoms with Gasteiger partial charge in [0.2, 0.25) is 29.7 Å². The van der Waals surface area contributed by atoms with Gasteiger partial charge in [0.05, 0.1) is 120 Å². The average molecular weight is 1870 g/mol. The minimum Gasteiger partial charge on any atom is -0.496 e. The lowest BCUT2D eigenvalue weighted by Crippen LogP contribution is -2.57. The zero-order valence-corrected chi connectivity index (χ0v) is 75.2. The molecule has 10 N–H and O–H groups in total. The van der Waals surface area contributed by atoms with Crippen LogP contribution in [0, 0.1) is 18.7 Å². The maximum absolute atomic E-state index is 14.7. The van der Waals surface area contributed by atoms with Gasteiger partial charge in [-0.3, -0.25) is 38.6 Å². The largest absolute Gasteiger partial charge is 0.496 e. The summed E-state index contributed by atoms with van der Waals surface area (Å²) in [5, 5.41) is 40.6. The van der Waals surface area contributed by atoms with Crippen molar-refractivity contribution in [3.8, 4) is 56.1 Å². The number of likely N-dealkylation sites (N-methyl/N-ethyl adjacent to an activating group) is 1. The number of hydrogen-bond donors (Lipinski definition) is 9. The number of nitrogens with zero attached hydrogens (tertiary/aromatic N) is 10. The first-order chi connectivity index (χ1) is 62.9. The molecule has 39 nitrogen and oxygen atoms in total. The lowest BCUT2D eigenvalue weighted by molar-refractivity contribution is -0.926. The van der Waals surface area contributed by atoms with Crippen LogP contribution in [0.1, 0.15) is 79.2 Å². The molecule has 9 aromatic rings. The number of nitrogens with one attached hydrogen (secondary N) is 6. The number of halogens is 2. The van der Waals surface area contributed by atoms with Gasteiger partial charge >= 0.3 is 34.3 Å². The topological polar surface area (TPSA) is 498 Å². The Labute approximate surface area is 762 Å². The Balaban J connectivity index is 0.767. The van der Waals surface area contributed by atoms with E-state index in [1.165, 1.54) is 43.1 Å². The number of rotatable bonds is 51. The number of carboxylic acids is 2. The molecule has 0 radical (unpaired) electrons. The summed E-state index contributed by atoms with van der Waals surface area (Å²) in [6.07, 6.45) is 2.92. The van der Waals surface area contributed by atoms with Crippen molar-refractivity contribution in [2.45, 2.75) is 103 Å². The Kier molecular flexibility index (Phi) is 36.0. The molecule has 4 atom stereocenters. The molecule has 0 unspecified atom stereocenters. The number of carboxylic acid groups (broad SMARTS) is 2. The third-order valence-electron chi connectivity index (χ3n) is 21.3. The fourth-order valence-electron chi connectivity index (χ4n) is 14.3. The Morgan fingerprint density at radius 2 is 1.50 bits per heavy atom. The number of ether oxygens (including phenoxy) is 9. The number of hydrogen-bond acceptors (Lipinski definition) is 28. The van der Waals surface area contributed by atoms with Gasteiger partial charge in [-0.05, 0) is 108 Å². The number of para-hydroxylation sites is 2. The van der Waals surface area contributed by atoms with E-state index in [1.54, 1.807) is 92.5 Å². The van der Waals surface area contributed by atoms with Crippen LogP contribution in [0.2, 0.25) is 5.02 Å². The molecule has 11 rings (SSSR count). The molecule has 2 aliphatic heterocycles. The first kappa shape index (κ1) is 98.8. The molecule has 131 heavy (non-hydrogen) atoms. The number of methoxy groups -OCH3 is 2. The molecule has 1 saturated heterocycles. The molecule has 1 fully saturated rings. The second-order valence-electron chi connectivity index (χ2n) is 31.2. The highest BCUT2D eigenvalue weighted by Crippen LogP contribution is 2.50. The van der Waals surface area contributed by atoms with E-state index in [1.807, 2.05) is 43.3 Å². The molecule has 4 aromatic heterocycles. The van der Waals surface area contributed by atoms with Crippen LogP contribution in [0.5, 0.6) is 23.1 Å². The van der Waals surface area contributed by atoms with Crippen LogP contribution in [-0.4, -0.2) is 260 Å². The van der Waals surface area contributed by atoms with Gasteiger partial charge in [0, 0.05) is 92.7 Å². The maximum atomic E-state index is 14.7. The van der Waals surface area contributed by atoms with Crippen LogP contribution in [0.25, 0.3) is 43.2 Å². The Morgan fingerprint density at radius 3 is 2.23 bits per heavy atom. The summed E-state index contributed by atoms with van der Waals surface area (Å²) < 4.78 is 97.2. The molecule has 698 valence electrons. The number of aliphatic carboxylic acids is 2. The summed E-state index contributed by atoms with van der Waals surface area (Å²) in [5.74, 6) is -4.56. The van der Waals surface area contributed by atoms with E-state index in [2.05, 4.69) is 63.2 Å². The fraction of sp³-hybridized carbons (Fsp3) is 0.398. The summed E-state index contributed by atoms with van der Waals surface area (Å²) in [7, 11) is 0.746. The number of imide groups is 1. The Bertz CT molecular complexity index is 5650. The Morgan fingerprint density at radius 1 is 0.748 bits per heavy atom. The second kappa shape index (κ2) is 47.7.